The first kappa shape index (κ1) is 19.1. The summed E-state index contributed by atoms with van der Waals surface area (Å²) in [6.45, 7) is 3.14. The molecule has 2 fully saturated rings. The zero-order valence-corrected chi connectivity index (χ0v) is 15.3. The topological polar surface area (TPSA) is 83.1 Å². The van der Waals surface area contributed by atoms with E-state index in [-0.39, 0.29) is 18.2 Å². The summed E-state index contributed by atoms with van der Waals surface area (Å²) in [5, 5.41) is 16.2. The van der Waals surface area contributed by atoms with E-state index in [9.17, 15) is 9.90 Å². The smallest absolute Gasteiger partial charge is 0.315 e. The van der Waals surface area contributed by atoms with Gasteiger partial charge in [-0.2, -0.15) is 0 Å². The highest BCUT2D eigenvalue weighted by Gasteiger charge is 2.39. The highest BCUT2D eigenvalue weighted by atomic mass is 16.5. The van der Waals surface area contributed by atoms with Crippen molar-refractivity contribution in [3.8, 4) is 0 Å². The van der Waals surface area contributed by atoms with Gasteiger partial charge >= 0.3 is 6.03 Å². The van der Waals surface area contributed by atoms with E-state index in [4.69, 9.17) is 9.47 Å². The number of ether oxygens (including phenoxy) is 2. The van der Waals surface area contributed by atoms with Crippen LogP contribution in [0, 0.1) is 0 Å². The summed E-state index contributed by atoms with van der Waals surface area (Å²) in [5.41, 5.74) is 1.03. The number of amides is 2. The Morgan fingerprint density at radius 1 is 1.38 bits per heavy atom. The molecule has 2 saturated heterocycles. The Bertz CT molecular complexity index is 571. The fourth-order valence-electron chi connectivity index (χ4n) is 3.72. The zero-order valence-electron chi connectivity index (χ0n) is 15.3. The monoisotopic (exact) mass is 363 g/mol. The predicted octanol–water partition coefficient (Wildman–Crippen LogP) is 0.725. The van der Waals surface area contributed by atoms with Gasteiger partial charge in [-0.05, 0) is 24.9 Å². The molecule has 3 rings (SSSR count). The van der Waals surface area contributed by atoms with Crippen LogP contribution in [0.3, 0.4) is 0 Å². The third-order valence-electron chi connectivity index (χ3n) is 5.17. The van der Waals surface area contributed by atoms with Crippen LogP contribution >= 0.6 is 0 Å². The molecule has 2 amide bonds. The second kappa shape index (κ2) is 9.32. The van der Waals surface area contributed by atoms with Crippen molar-refractivity contribution in [1.29, 1.82) is 0 Å². The van der Waals surface area contributed by atoms with Gasteiger partial charge in [-0.1, -0.05) is 30.3 Å². The molecule has 0 bridgehead atoms. The number of nitrogens with one attached hydrogen (secondary N) is 2. The van der Waals surface area contributed by atoms with E-state index in [0.29, 0.717) is 32.3 Å². The zero-order chi connectivity index (χ0) is 18.4. The maximum atomic E-state index is 12.1. The van der Waals surface area contributed by atoms with Gasteiger partial charge in [0.25, 0.3) is 0 Å². The van der Waals surface area contributed by atoms with Crippen LogP contribution in [0.15, 0.2) is 30.3 Å². The summed E-state index contributed by atoms with van der Waals surface area (Å²) in [5.74, 6) is 0. The molecule has 0 aliphatic carbocycles. The van der Waals surface area contributed by atoms with E-state index in [1.54, 1.807) is 7.11 Å². The van der Waals surface area contributed by atoms with Crippen molar-refractivity contribution in [2.75, 3.05) is 33.4 Å². The molecule has 4 atom stereocenters. The minimum absolute atomic E-state index is 0.285. The normalized spacial score (nSPS) is 29.0. The number of rotatable bonds is 7. The number of urea groups is 1. The standard InChI is InChI=1S/C19H29N3O4/c1-25-12-15-8-5-9-22(15)11-17-18(23)16(13-26-17)21-19(24)20-10-14-6-3-2-4-7-14/h2-4,6-7,15-18,23H,5,8-13H2,1H3,(H2,20,21,24). The van der Waals surface area contributed by atoms with Crippen molar-refractivity contribution in [3.63, 3.8) is 0 Å². The van der Waals surface area contributed by atoms with Crippen LogP contribution in [-0.4, -0.2) is 73.7 Å². The number of carbonyl (C=O) groups excluding carboxylic acids is 1. The van der Waals surface area contributed by atoms with Crippen molar-refractivity contribution < 1.29 is 19.4 Å². The average molecular weight is 363 g/mol. The van der Waals surface area contributed by atoms with Crippen LogP contribution in [-0.2, 0) is 16.0 Å². The van der Waals surface area contributed by atoms with Crippen LogP contribution in [0.1, 0.15) is 18.4 Å². The van der Waals surface area contributed by atoms with Crippen LogP contribution in [0.2, 0.25) is 0 Å². The fourth-order valence-corrected chi connectivity index (χ4v) is 3.72. The van der Waals surface area contributed by atoms with Crippen molar-refractivity contribution in [3.05, 3.63) is 35.9 Å². The molecule has 7 nitrogen and oxygen atoms in total. The van der Waals surface area contributed by atoms with Gasteiger partial charge in [0.2, 0.25) is 0 Å². The third-order valence-corrected chi connectivity index (χ3v) is 5.17. The maximum Gasteiger partial charge on any atom is 0.315 e. The largest absolute Gasteiger partial charge is 0.388 e. The summed E-state index contributed by atoms with van der Waals surface area (Å²) in [6.07, 6.45) is 1.26. The Labute approximate surface area is 154 Å². The average Bonchev–Trinajstić information content (AvgIpc) is 3.23. The first-order chi connectivity index (χ1) is 12.7. The van der Waals surface area contributed by atoms with Gasteiger partial charge in [0.05, 0.1) is 25.4 Å². The molecular formula is C19H29N3O4. The molecular weight excluding hydrogens is 334 g/mol. The molecule has 2 heterocycles. The van der Waals surface area contributed by atoms with Crippen molar-refractivity contribution in [2.24, 2.45) is 0 Å². The SMILES string of the molecule is COCC1CCCN1CC1OCC(NC(=O)NCc2ccccc2)C1O. The van der Waals surface area contributed by atoms with Crippen LogP contribution in [0.4, 0.5) is 4.79 Å². The first-order valence-corrected chi connectivity index (χ1v) is 9.28. The van der Waals surface area contributed by atoms with E-state index >= 15 is 0 Å². The van der Waals surface area contributed by atoms with Crippen molar-refractivity contribution >= 4 is 6.03 Å². The highest BCUT2D eigenvalue weighted by Crippen LogP contribution is 2.22. The van der Waals surface area contributed by atoms with E-state index in [1.165, 1.54) is 0 Å². The number of methoxy groups -OCH3 is 1. The minimum Gasteiger partial charge on any atom is -0.388 e. The Balaban J connectivity index is 1.43. The summed E-state index contributed by atoms with van der Waals surface area (Å²) in [4.78, 5) is 14.4. The van der Waals surface area contributed by atoms with Gasteiger partial charge < -0.3 is 25.2 Å². The number of aliphatic hydroxyl groups is 1. The van der Waals surface area contributed by atoms with E-state index < -0.39 is 6.10 Å². The number of likely N-dealkylation sites (tertiary alicyclic amines) is 1. The van der Waals surface area contributed by atoms with Crippen molar-refractivity contribution in [1.82, 2.24) is 15.5 Å². The molecule has 2 aliphatic heterocycles. The maximum absolute atomic E-state index is 12.1. The third kappa shape index (κ3) is 4.94. The number of hydrogen-bond acceptors (Lipinski definition) is 5. The lowest BCUT2D eigenvalue weighted by Crippen LogP contribution is -2.50. The number of benzene rings is 1. The molecule has 0 saturated carbocycles. The Hall–Kier alpha value is -1.67. The molecule has 7 heteroatoms. The summed E-state index contributed by atoms with van der Waals surface area (Å²) in [6, 6.07) is 9.42. The van der Waals surface area contributed by atoms with Crippen LogP contribution in [0.25, 0.3) is 0 Å². The highest BCUT2D eigenvalue weighted by molar-refractivity contribution is 5.74. The van der Waals surface area contributed by atoms with E-state index in [2.05, 4.69) is 15.5 Å². The molecule has 0 radical (unpaired) electrons. The second-order valence-electron chi connectivity index (χ2n) is 7.03. The molecule has 0 spiro atoms. The lowest BCUT2D eigenvalue weighted by atomic mass is 10.1. The molecule has 4 unspecified atom stereocenters. The Morgan fingerprint density at radius 3 is 2.96 bits per heavy atom. The summed E-state index contributed by atoms with van der Waals surface area (Å²) in [7, 11) is 1.71. The minimum atomic E-state index is -0.707. The first-order valence-electron chi connectivity index (χ1n) is 9.28. The lowest BCUT2D eigenvalue weighted by Gasteiger charge is -2.28. The van der Waals surface area contributed by atoms with Crippen LogP contribution in [0.5, 0.6) is 0 Å². The second-order valence-corrected chi connectivity index (χ2v) is 7.03. The quantitative estimate of drug-likeness (QED) is 0.665. The van der Waals surface area contributed by atoms with Gasteiger partial charge in [0.1, 0.15) is 6.10 Å². The van der Waals surface area contributed by atoms with Gasteiger partial charge in [0.15, 0.2) is 0 Å². The molecule has 2 aliphatic rings. The predicted molar refractivity (Wildman–Crippen MR) is 97.8 cm³/mol. The number of carbonyl (C=O) groups is 1. The van der Waals surface area contributed by atoms with Gasteiger partial charge in [-0.25, -0.2) is 4.79 Å². The molecule has 26 heavy (non-hydrogen) atoms. The van der Waals surface area contributed by atoms with Gasteiger partial charge in [-0.15, -0.1) is 0 Å². The van der Waals surface area contributed by atoms with Gasteiger partial charge in [-0.3, -0.25) is 4.90 Å². The van der Waals surface area contributed by atoms with Crippen molar-refractivity contribution in [2.45, 2.75) is 43.7 Å². The van der Waals surface area contributed by atoms with E-state index in [1.807, 2.05) is 30.3 Å². The molecule has 1 aromatic carbocycles. The summed E-state index contributed by atoms with van der Waals surface area (Å²) >= 11 is 0. The molecule has 0 aromatic heterocycles. The fraction of sp³-hybridized carbons (Fsp3) is 0.632. The number of aliphatic hydroxyl groups excluding tert-OH is 1. The van der Waals surface area contributed by atoms with Gasteiger partial charge in [0, 0.05) is 26.2 Å². The Morgan fingerprint density at radius 2 is 2.19 bits per heavy atom. The summed E-state index contributed by atoms with van der Waals surface area (Å²) < 4.78 is 11.0. The van der Waals surface area contributed by atoms with Crippen LogP contribution < -0.4 is 10.6 Å². The molecule has 1 aromatic rings. The van der Waals surface area contributed by atoms with E-state index in [0.717, 1.165) is 24.9 Å². The lowest BCUT2D eigenvalue weighted by molar-refractivity contribution is 0.00470. The number of nitrogens with zero attached hydrogens (tertiary/aromatic N) is 1. The Kier molecular flexibility index (Phi) is 6.85. The number of hydrogen-bond donors (Lipinski definition) is 3. The molecule has 144 valence electrons. The molecule has 3 N–H and O–H groups in total.